The molecule has 1 heterocycles. The number of amides is 1. The van der Waals surface area contributed by atoms with E-state index in [0.717, 1.165) is 11.3 Å². The summed E-state index contributed by atoms with van der Waals surface area (Å²) in [6.07, 6.45) is -1.24. The zero-order valence-electron chi connectivity index (χ0n) is 12.7. The molecule has 0 saturated carbocycles. The van der Waals surface area contributed by atoms with Gasteiger partial charge in [-0.1, -0.05) is 25.1 Å². The van der Waals surface area contributed by atoms with E-state index < -0.39 is 12.1 Å². The third-order valence-electron chi connectivity index (χ3n) is 3.08. The number of carbonyl (C=O) groups is 2. The van der Waals surface area contributed by atoms with E-state index in [1.54, 1.807) is 17.4 Å². The van der Waals surface area contributed by atoms with Gasteiger partial charge in [0, 0.05) is 10.6 Å². The average molecular weight is 353 g/mol. The second-order valence-electron chi connectivity index (χ2n) is 4.89. The number of hydrogen-bond donors (Lipinski definition) is 1. The lowest BCUT2D eigenvalue weighted by Crippen LogP contribution is -2.29. The molecule has 7 heteroatoms. The van der Waals surface area contributed by atoms with Gasteiger partial charge >= 0.3 is 12.1 Å². The van der Waals surface area contributed by atoms with Crippen LogP contribution in [0.2, 0.25) is 0 Å². The molecule has 2 aromatic rings. The van der Waals surface area contributed by atoms with Gasteiger partial charge in [0.25, 0.3) is 0 Å². The van der Waals surface area contributed by atoms with Gasteiger partial charge in [-0.2, -0.15) is 13.2 Å². The van der Waals surface area contributed by atoms with Crippen LogP contribution in [0.4, 0.5) is 18.9 Å². The van der Waals surface area contributed by atoms with Gasteiger partial charge in [-0.05, 0) is 42.3 Å². The second-order valence-corrected chi connectivity index (χ2v) is 6.06. The number of nitrogens with one attached hydrogen (secondary N) is 1. The van der Waals surface area contributed by atoms with Crippen molar-refractivity contribution in [3.63, 3.8) is 0 Å². The number of benzene rings is 1. The first-order valence-corrected chi connectivity index (χ1v) is 7.90. The van der Waals surface area contributed by atoms with Crippen molar-refractivity contribution in [1.29, 1.82) is 0 Å². The van der Waals surface area contributed by atoms with E-state index >= 15 is 0 Å². The second kappa shape index (κ2) is 7.44. The minimum absolute atomic E-state index is 0.0105. The standard InChI is InChI=1S/C17H14F3NO2S/c1-2-13-7-9-15(24-13)14(22)8-6-11-4-3-5-12(10-11)21-16(23)17(18,19)20/h3-10H,2H2,1H3,(H,21,23)/b8-6+. The molecule has 0 aliphatic rings. The molecule has 126 valence electrons. The van der Waals surface area contributed by atoms with Crippen molar-refractivity contribution in [3.05, 3.63) is 57.8 Å². The summed E-state index contributed by atoms with van der Waals surface area (Å²) < 4.78 is 36.7. The fraction of sp³-hybridized carbons (Fsp3) is 0.176. The summed E-state index contributed by atoms with van der Waals surface area (Å²) >= 11 is 1.41. The van der Waals surface area contributed by atoms with Crippen LogP contribution in [-0.2, 0) is 11.2 Å². The van der Waals surface area contributed by atoms with Crippen LogP contribution in [0.3, 0.4) is 0 Å². The van der Waals surface area contributed by atoms with E-state index in [9.17, 15) is 22.8 Å². The Morgan fingerprint density at radius 1 is 1.21 bits per heavy atom. The maximum atomic E-state index is 12.2. The minimum Gasteiger partial charge on any atom is -0.318 e. The topological polar surface area (TPSA) is 46.2 Å². The Hall–Kier alpha value is -2.41. The van der Waals surface area contributed by atoms with Crippen molar-refractivity contribution in [2.75, 3.05) is 5.32 Å². The molecule has 0 radical (unpaired) electrons. The fourth-order valence-electron chi connectivity index (χ4n) is 1.88. The monoisotopic (exact) mass is 353 g/mol. The summed E-state index contributed by atoms with van der Waals surface area (Å²) in [5.74, 6) is -2.21. The van der Waals surface area contributed by atoms with E-state index in [1.807, 2.05) is 13.0 Å². The van der Waals surface area contributed by atoms with Gasteiger partial charge in [0.05, 0.1) is 4.88 Å². The molecule has 0 atom stereocenters. The van der Waals surface area contributed by atoms with Crippen LogP contribution in [-0.4, -0.2) is 17.9 Å². The lowest BCUT2D eigenvalue weighted by atomic mass is 10.1. The molecule has 0 aliphatic carbocycles. The highest BCUT2D eigenvalue weighted by Gasteiger charge is 2.38. The predicted molar refractivity (Wildman–Crippen MR) is 88.2 cm³/mol. The SMILES string of the molecule is CCc1ccc(C(=O)/C=C/c2cccc(NC(=O)C(F)(F)F)c2)s1. The summed E-state index contributed by atoms with van der Waals surface area (Å²) in [7, 11) is 0. The van der Waals surface area contributed by atoms with Crippen LogP contribution in [0.15, 0.2) is 42.5 Å². The molecule has 0 fully saturated rings. The molecular formula is C17H14F3NO2S. The van der Waals surface area contributed by atoms with E-state index in [2.05, 4.69) is 0 Å². The lowest BCUT2D eigenvalue weighted by Gasteiger charge is -2.08. The van der Waals surface area contributed by atoms with Gasteiger partial charge in [-0.15, -0.1) is 11.3 Å². The Labute approximate surface area is 140 Å². The maximum Gasteiger partial charge on any atom is 0.471 e. The average Bonchev–Trinajstić information content (AvgIpc) is 3.01. The number of anilines is 1. The van der Waals surface area contributed by atoms with Crippen molar-refractivity contribution in [2.24, 2.45) is 0 Å². The third-order valence-corrected chi connectivity index (χ3v) is 4.33. The van der Waals surface area contributed by atoms with Crippen LogP contribution in [0.25, 0.3) is 6.08 Å². The van der Waals surface area contributed by atoms with E-state index in [-0.39, 0.29) is 11.5 Å². The molecule has 24 heavy (non-hydrogen) atoms. The normalized spacial score (nSPS) is 11.7. The largest absolute Gasteiger partial charge is 0.471 e. The Morgan fingerprint density at radius 3 is 2.58 bits per heavy atom. The number of thiophene rings is 1. The molecular weight excluding hydrogens is 339 g/mol. The number of hydrogen-bond acceptors (Lipinski definition) is 3. The number of rotatable bonds is 5. The zero-order valence-corrected chi connectivity index (χ0v) is 13.5. The van der Waals surface area contributed by atoms with Crippen LogP contribution in [0.1, 0.15) is 27.0 Å². The van der Waals surface area contributed by atoms with Gasteiger partial charge in [0.2, 0.25) is 0 Å². The molecule has 0 saturated heterocycles. The maximum absolute atomic E-state index is 12.2. The van der Waals surface area contributed by atoms with Crippen molar-refractivity contribution < 1.29 is 22.8 Å². The molecule has 0 aliphatic heterocycles. The van der Waals surface area contributed by atoms with E-state index in [1.165, 1.54) is 41.7 Å². The molecule has 1 N–H and O–H groups in total. The minimum atomic E-state index is -4.95. The molecule has 0 spiro atoms. The highest BCUT2D eigenvalue weighted by atomic mass is 32.1. The number of aryl methyl sites for hydroxylation is 1. The number of allylic oxidation sites excluding steroid dienone is 1. The summed E-state index contributed by atoms with van der Waals surface area (Å²) in [4.78, 5) is 24.7. The molecule has 2 rings (SSSR count). The number of halogens is 3. The number of alkyl halides is 3. The first-order chi connectivity index (χ1) is 11.3. The molecule has 0 unspecified atom stereocenters. The molecule has 1 amide bonds. The summed E-state index contributed by atoms with van der Waals surface area (Å²) in [5.41, 5.74) is 0.520. The number of carbonyl (C=O) groups excluding carboxylic acids is 2. The third kappa shape index (κ3) is 4.79. The highest BCUT2D eigenvalue weighted by Crippen LogP contribution is 2.20. The summed E-state index contributed by atoms with van der Waals surface area (Å²) in [5, 5.41) is 1.77. The number of ketones is 1. The summed E-state index contributed by atoms with van der Waals surface area (Å²) in [6.45, 7) is 2.00. The van der Waals surface area contributed by atoms with Crippen LogP contribution in [0.5, 0.6) is 0 Å². The van der Waals surface area contributed by atoms with Crippen LogP contribution >= 0.6 is 11.3 Å². The summed E-state index contributed by atoms with van der Waals surface area (Å²) in [6, 6.07) is 9.46. The van der Waals surface area contributed by atoms with Crippen molar-refractivity contribution in [1.82, 2.24) is 0 Å². The van der Waals surface area contributed by atoms with Crippen molar-refractivity contribution in [2.45, 2.75) is 19.5 Å². The van der Waals surface area contributed by atoms with Crippen LogP contribution in [0, 0.1) is 0 Å². The predicted octanol–water partition coefficient (Wildman–Crippen LogP) is 4.71. The first-order valence-electron chi connectivity index (χ1n) is 7.09. The van der Waals surface area contributed by atoms with Gasteiger partial charge in [-0.3, -0.25) is 9.59 Å². The Balaban J connectivity index is 2.08. The quantitative estimate of drug-likeness (QED) is 0.625. The van der Waals surface area contributed by atoms with Crippen molar-refractivity contribution in [3.8, 4) is 0 Å². The molecule has 1 aromatic carbocycles. The zero-order chi connectivity index (χ0) is 17.7. The first kappa shape index (κ1) is 17.9. The van der Waals surface area contributed by atoms with Gasteiger partial charge in [-0.25, -0.2) is 0 Å². The van der Waals surface area contributed by atoms with E-state index in [4.69, 9.17) is 0 Å². The molecule has 3 nitrogen and oxygen atoms in total. The Bertz CT molecular complexity index is 778. The fourth-order valence-corrected chi connectivity index (χ4v) is 2.74. The molecule has 1 aromatic heterocycles. The van der Waals surface area contributed by atoms with Crippen LogP contribution < -0.4 is 5.32 Å². The highest BCUT2D eigenvalue weighted by molar-refractivity contribution is 7.14. The van der Waals surface area contributed by atoms with Gasteiger partial charge < -0.3 is 5.32 Å². The van der Waals surface area contributed by atoms with Crippen molar-refractivity contribution >= 4 is 34.8 Å². The molecule has 0 bridgehead atoms. The smallest absolute Gasteiger partial charge is 0.318 e. The Morgan fingerprint density at radius 2 is 1.96 bits per heavy atom. The van der Waals surface area contributed by atoms with E-state index in [0.29, 0.717) is 10.4 Å². The Kier molecular flexibility index (Phi) is 5.56. The van der Waals surface area contributed by atoms with Gasteiger partial charge in [0.15, 0.2) is 5.78 Å². The lowest BCUT2D eigenvalue weighted by molar-refractivity contribution is -0.167. The van der Waals surface area contributed by atoms with Gasteiger partial charge in [0.1, 0.15) is 0 Å².